The van der Waals surface area contributed by atoms with Crippen molar-refractivity contribution in [3.63, 3.8) is 0 Å². The summed E-state index contributed by atoms with van der Waals surface area (Å²) < 4.78 is 38.2. The van der Waals surface area contributed by atoms with Gasteiger partial charge >= 0.3 is 6.18 Å². The summed E-state index contributed by atoms with van der Waals surface area (Å²) in [6.45, 7) is 3.83. The van der Waals surface area contributed by atoms with Gasteiger partial charge < -0.3 is 0 Å². The van der Waals surface area contributed by atoms with Gasteiger partial charge in [-0.05, 0) is 43.2 Å². The molecule has 0 N–H and O–H groups in total. The van der Waals surface area contributed by atoms with E-state index in [4.69, 9.17) is 11.6 Å². The molecule has 1 aromatic heterocycles. The Morgan fingerprint density at radius 3 is 2.45 bits per heavy atom. The molecule has 0 bridgehead atoms. The second-order valence-electron chi connectivity index (χ2n) is 4.39. The highest BCUT2D eigenvalue weighted by Gasteiger charge is 2.31. The van der Waals surface area contributed by atoms with Crippen LogP contribution in [-0.4, -0.2) is 4.98 Å². The number of aromatic nitrogens is 1. The van der Waals surface area contributed by atoms with E-state index in [1.54, 1.807) is 0 Å². The minimum atomic E-state index is -4.43. The Morgan fingerprint density at radius 2 is 1.80 bits per heavy atom. The summed E-state index contributed by atoms with van der Waals surface area (Å²) in [6, 6.07) is 7.63. The molecule has 0 aliphatic carbocycles. The molecule has 6 heteroatoms. The second kappa shape index (κ2) is 5.66. The Kier molecular flexibility index (Phi) is 4.30. The third-order valence-electron chi connectivity index (χ3n) is 2.66. The van der Waals surface area contributed by atoms with Crippen LogP contribution >= 0.6 is 23.4 Å². The summed E-state index contributed by atoms with van der Waals surface area (Å²) in [6.07, 6.45) is -4.43. The minimum absolute atomic E-state index is 0.160. The molecule has 106 valence electrons. The van der Waals surface area contributed by atoms with Gasteiger partial charge in [-0.15, -0.1) is 0 Å². The largest absolute Gasteiger partial charge is 0.416 e. The SMILES string of the molecule is Cc1ccc(C)c(Sc2cc(C(F)(F)F)cc(Cl)n2)c1. The molecule has 0 aliphatic heterocycles. The van der Waals surface area contributed by atoms with E-state index in [2.05, 4.69) is 4.98 Å². The van der Waals surface area contributed by atoms with Crippen LogP contribution in [0.5, 0.6) is 0 Å². The van der Waals surface area contributed by atoms with Gasteiger partial charge in [-0.2, -0.15) is 13.2 Å². The molecule has 0 atom stereocenters. The zero-order valence-electron chi connectivity index (χ0n) is 10.8. The molecule has 2 rings (SSSR count). The number of hydrogen-bond donors (Lipinski definition) is 0. The highest BCUT2D eigenvalue weighted by molar-refractivity contribution is 7.99. The van der Waals surface area contributed by atoms with Crippen LogP contribution in [0.25, 0.3) is 0 Å². The summed E-state index contributed by atoms with van der Waals surface area (Å²) >= 11 is 6.85. The zero-order chi connectivity index (χ0) is 14.9. The average molecular weight is 318 g/mol. The van der Waals surface area contributed by atoms with Crippen LogP contribution in [0.3, 0.4) is 0 Å². The number of aryl methyl sites for hydroxylation is 2. The van der Waals surface area contributed by atoms with Crippen molar-refractivity contribution in [1.82, 2.24) is 4.98 Å². The van der Waals surface area contributed by atoms with Gasteiger partial charge in [0.2, 0.25) is 0 Å². The van der Waals surface area contributed by atoms with E-state index in [-0.39, 0.29) is 10.2 Å². The third kappa shape index (κ3) is 3.67. The number of pyridine rings is 1. The predicted octanol–water partition coefficient (Wildman–Crippen LogP) is 5.52. The first-order valence-electron chi connectivity index (χ1n) is 5.75. The normalized spacial score (nSPS) is 11.7. The lowest BCUT2D eigenvalue weighted by Gasteiger charge is -2.10. The molecule has 0 aliphatic rings. The van der Waals surface area contributed by atoms with Crippen LogP contribution in [-0.2, 0) is 6.18 Å². The first-order chi connectivity index (χ1) is 9.25. The molecule has 2 aromatic rings. The van der Waals surface area contributed by atoms with Gasteiger partial charge in [0, 0.05) is 4.90 Å². The summed E-state index contributed by atoms with van der Waals surface area (Å²) in [7, 11) is 0. The standard InChI is InChI=1S/C14H11ClF3NS/c1-8-3-4-9(2)11(5-8)20-13-7-10(14(16,17)18)6-12(15)19-13/h3-7H,1-2H3. The predicted molar refractivity (Wildman–Crippen MR) is 74.3 cm³/mol. The van der Waals surface area contributed by atoms with Crippen molar-refractivity contribution in [1.29, 1.82) is 0 Å². The van der Waals surface area contributed by atoms with Gasteiger partial charge in [0.1, 0.15) is 10.2 Å². The number of nitrogens with zero attached hydrogens (tertiary/aromatic N) is 1. The van der Waals surface area contributed by atoms with Crippen LogP contribution in [0.2, 0.25) is 5.15 Å². The lowest BCUT2D eigenvalue weighted by atomic mass is 10.2. The molecule has 0 spiro atoms. The van der Waals surface area contributed by atoms with Crippen molar-refractivity contribution in [3.8, 4) is 0 Å². The highest BCUT2D eigenvalue weighted by Crippen LogP contribution is 2.36. The molecular weight excluding hydrogens is 307 g/mol. The average Bonchev–Trinajstić information content (AvgIpc) is 2.32. The quantitative estimate of drug-likeness (QED) is 0.676. The van der Waals surface area contributed by atoms with Crippen molar-refractivity contribution in [3.05, 3.63) is 52.2 Å². The Balaban J connectivity index is 2.39. The molecule has 1 aromatic carbocycles. The second-order valence-corrected chi connectivity index (χ2v) is 5.84. The van der Waals surface area contributed by atoms with Crippen molar-refractivity contribution in [2.24, 2.45) is 0 Å². The third-order valence-corrected chi connectivity index (χ3v) is 3.93. The van der Waals surface area contributed by atoms with Crippen LogP contribution in [0.15, 0.2) is 40.3 Å². The zero-order valence-corrected chi connectivity index (χ0v) is 12.3. The molecule has 0 unspecified atom stereocenters. The van der Waals surface area contributed by atoms with E-state index in [1.807, 2.05) is 32.0 Å². The van der Waals surface area contributed by atoms with Crippen molar-refractivity contribution in [2.75, 3.05) is 0 Å². The maximum atomic E-state index is 12.7. The molecule has 20 heavy (non-hydrogen) atoms. The molecule has 0 saturated heterocycles. The molecule has 0 radical (unpaired) electrons. The fourth-order valence-electron chi connectivity index (χ4n) is 1.62. The number of halogens is 4. The molecule has 0 amide bonds. The van der Waals surface area contributed by atoms with Crippen molar-refractivity contribution < 1.29 is 13.2 Å². The molecule has 1 nitrogen and oxygen atoms in total. The Bertz CT molecular complexity index is 641. The maximum Gasteiger partial charge on any atom is 0.416 e. The van der Waals surface area contributed by atoms with Gasteiger partial charge in [-0.3, -0.25) is 0 Å². The minimum Gasteiger partial charge on any atom is -0.229 e. The monoisotopic (exact) mass is 317 g/mol. The fourth-order valence-corrected chi connectivity index (χ4v) is 2.91. The van der Waals surface area contributed by atoms with E-state index < -0.39 is 11.7 Å². The number of benzene rings is 1. The molecule has 0 saturated carbocycles. The van der Waals surface area contributed by atoms with E-state index in [0.717, 1.165) is 28.2 Å². The Morgan fingerprint density at radius 1 is 1.10 bits per heavy atom. The Hall–Kier alpha value is -1.20. The van der Waals surface area contributed by atoms with Gasteiger partial charge in [0.25, 0.3) is 0 Å². The summed E-state index contributed by atoms with van der Waals surface area (Å²) in [5.41, 5.74) is 1.23. The van der Waals surface area contributed by atoms with Crippen LogP contribution in [0, 0.1) is 13.8 Å². The van der Waals surface area contributed by atoms with Crippen molar-refractivity contribution in [2.45, 2.75) is 29.9 Å². The van der Waals surface area contributed by atoms with Crippen LogP contribution in [0.4, 0.5) is 13.2 Å². The number of hydrogen-bond acceptors (Lipinski definition) is 2. The molecule has 1 heterocycles. The summed E-state index contributed by atoms with van der Waals surface area (Å²) in [5.74, 6) is 0. The van der Waals surface area contributed by atoms with E-state index >= 15 is 0 Å². The van der Waals surface area contributed by atoms with Crippen molar-refractivity contribution >= 4 is 23.4 Å². The van der Waals surface area contributed by atoms with Crippen LogP contribution < -0.4 is 0 Å². The topological polar surface area (TPSA) is 12.9 Å². The lowest BCUT2D eigenvalue weighted by molar-refractivity contribution is -0.137. The van der Waals surface area contributed by atoms with Crippen LogP contribution in [0.1, 0.15) is 16.7 Å². The summed E-state index contributed by atoms with van der Waals surface area (Å²) in [4.78, 5) is 4.81. The summed E-state index contributed by atoms with van der Waals surface area (Å²) in [5, 5.41) is 0.0751. The Labute approximate surface area is 124 Å². The first-order valence-corrected chi connectivity index (χ1v) is 6.95. The first kappa shape index (κ1) is 15.2. The van der Waals surface area contributed by atoms with Gasteiger partial charge in [0.05, 0.1) is 5.56 Å². The fraction of sp³-hybridized carbons (Fsp3) is 0.214. The number of alkyl halides is 3. The maximum absolute atomic E-state index is 12.7. The smallest absolute Gasteiger partial charge is 0.229 e. The van der Waals surface area contributed by atoms with E-state index in [1.165, 1.54) is 11.8 Å². The van der Waals surface area contributed by atoms with Gasteiger partial charge in [-0.1, -0.05) is 35.5 Å². The van der Waals surface area contributed by atoms with E-state index in [0.29, 0.717) is 0 Å². The van der Waals surface area contributed by atoms with E-state index in [9.17, 15) is 13.2 Å². The van der Waals surface area contributed by atoms with Gasteiger partial charge in [0.15, 0.2) is 0 Å². The number of rotatable bonds is 2. The lowest BCUT2D eigenvalue weighted by Crippen LogP contribution is -2.05. The molecular formula is C14H11ClF3NS. The highest BCUT2D eigenvalue weighted by atomic mass is 35.5. The van der Waals surface area contributed by atoms with Gasteiger partial charge in [-0.25, -0.2) is 4.98 Å². The molecule has 0 fully saturated rings.